The van der Waals surface area contributed by atoms with Crippen LogP contribution in [0.4, 0.5) is 5.69 Å². The lowest BCUT2D eigenvalue weighted by Crippen LogP contribution is -2.26. The van der Waals surface area contributed by atoms with Crippen molar-refractivity contribution in [3.8, 4) is 0 Å². The molecule has 1 rings (SSSR count). The lowest BCUT2D eigenvalue weighted by atomic mass is 10.2. The van der Waals surface area contributed by atoms with Gasteiger partial charge >= 0.3 is 0 Å². The number of rotatable bonds is 4. The molecule has 0 aromatic carbocycles. The Morgan fingerprint density at radius 2 is 2.43 bits per heavy atom. The molecule has 0 unspecified atom stereocenters. The van der Waals surface area contributed by atoms with E-state index in [0.717, 1.165) is 12.8 Å². The van der Waals surface area contributed by atoms with Gasteiger partial charge in [-0.05, 0) is 18.6 Å². The highest BCUT2D eigenvalue weighted by molar-refractivity contribution is 5.96. The summed E-state index contributed by atoms with van der Waals surface area (Å²) in [5.74, 6) is -0.198. The highest BCUT2D eigenvalue weighted by Crippen LogP contribution is 2.05. The van der Waals surface area contributed by atoms with Gasteiger partial charge in [0.2, 0.25) is 0 Å². The average Bonchev–Trinajstić information content (AvgIpc) is 2.18. The maximum atomic E-state index is 11.5. The molecule has 0 atom stereocenters. The number of aromatic nitrogens is 1. The molecule has 1 heterocycles. The first-order valence-electron chi connectivity index (χ1n) is 4.74. The van der Waals surface area contributed by atoms with Crippen molar-refractivity contribution >= 4 is 11.6 Å². The molecule has 0 radical (unpaired) electrons. The smallest absolute Gasteiger partial charge is 0.272 e. The van der Waals surface area contributed by atoms with Crippen molar-refractivity contribution in [1.82, 2.24) is 10.3 Å². The van der Waals surface area contributed by atoms with Gasteiger partial charge in [-0.3, -0.25) is 4.79 Å². The second-order valence-electron chi connectivity index (χ2n) is 3.05. The molecule has 0 fully saturated rings. The predicted octanol–water partition coefficient (Wildman–Crippen LogP) is 1.19. The lowest BCUT2D eigenvalue weighted by Gasteiger charge is -2.04. The van der Waals surface area contributed by atoms with E-state index in [2.05, 4.69) is 17.2 Å². The fourth-order valence-corrected chi connectivity index (χ4v) is 1.07. The maximum absolute atomic E-state index is 11.5. The lowest BCUT2D eigenvalue weighted by molar-refractivity contribution is 0.0949. The van der Waals surface area contributed by atoms with E-state index < -0.39 is 0 Å². The summed E-state index contributed by atoms with van der Waals surface area (Å²) < 4.78 is 0. The molecule has 3 N–H and O–H groups in total. The van der Waals surface area contributed by atoms with Crippen LogP contribution in [-0.4, -0.2) is 17.4 Å². The second kappa shape index (κ2) is 5.21. The standard InChI is InChI=1S/C10H15N3O/c1-2-3-6-13-10(14)9-8(11)5-4-7-12-9/h4-5,7H,2-3,6,11H2,1H3,(H,13,14). The highest BCUT2D eigenvalue weighted by atomic mass is 16.1. The molecular weight excluding hydrogens is 178 g/mol. The number of pyridine rings is 1. The maximum Gasteiger partial charge on any atom is 0.272 e. The third-order valence-corrected chi connectivity index (χ3v) is 1.87. The van der Waals surface area contributed by atoms with Crippen LogP contribution in [0.15, 0.2) is 18.3 Å². The second-order valence-corrected chi connectivity index (χ2v) is 3.05. The Kier molecular flexibility index (Phi) is 3.91. The third kappa shape index (κ3) is 2.73. The Morgan fingerprint density at radius 3 is 3.07 bits per heavy atom. The number of carbonyl (C=O) groups excluding carboxylic acids is 1. The molecule has 14 heavy (non-hydrogen) atoms. The minimum atomic E-state index is -0.198. The van der Waals surface area contributed by atoms with Gasteiger partial charge in [0.1, 0.15) is 0 Å². The number of carbonyl (C=O) groups is 1. The van der Waals surface area contributed by atoms with Gasteiger partial charge in [0.05, 0.1) is 5.69 Å². The number of anilines is 1. The molecule has 0 saturated carbocycles. The molecule has 0 aliphatic heterocycles. The summed E-state index contributed by atoms with van der Waals surface area (Å²) in [6.45, 7) is 2.74. The van der Waals surface area contributed by atoms with Crippen LogP contribution < -0.4 is 11.1 Å². The number of nitrogens with two attached hydrogens (primary N) is 1. The fourth-order valence-electron chi connectivity index (χ4n) is 1.07. The van der Waals surface area contributed by atoms with Gasteiger partial charge in [0, 0.05) is 12.7 Å². The molecule has 0 saturated heterocycles. The third-order valence-electron chi connectivity index (χ3n) is 1.87. The molecule has 1 aromatic heterocycles. The molecular formula is C10H15N3O. The quantitative estimate of drug-likeness (QED) is 0.706. The Bertz CT molecular complexity index is 312. The van der Waals surface area contributed by atoms with E-state index in [9.17, 15) is 4.79 Å². The SMILES string of the molecule is CCCCNC(=O)c1ncccc1N. The normalized spacial score (nSPS) is 9.79. The van der Waals surface area contributed by atoms with Crippen molar-refractivity contribution in [1.29, 1.82) is 0 Å². The van der Waals surface area contributed by atoms with E-state index in [-0.39, 0.29) is 5.91 Å². The van der Waals surface area contributed by atoms with Gasteiger partial charge in [-0.1, -0.05) is 13.3 Å². The number of amides is 1. The van der Waals surface area contributed by atoms with E-state index in [1.807, 2.05) is 0 Å². The van der Waals surface area contributed by atoms with Crippen molar-refractivity contribution in [2.75, 3.05) is 12.3 Å². The average molecular weight is 193 g/mol. The molecule has 0 spiro atoms. The minimum Gasteiger partial charge on any atom is -0.397 e. The van der Waals surface area contributed by atoms with Gasteiger partial charge in [0.25, 0.3) is 5.91 Å². The summed E-state index contributed by atoms with van der Waals surface area (Å²) in [4.78, 5) is 15.4. The monoisotopic (exact) mass is 193 g/mol. The molecule has 1 amide bonds. The highest BCUT2D eigenvalue weighted by Gasteiger charge is 2.08. The van der Waals surface area contributed by atoms with Crippen molar-refractivity contribution in [3.05, 3.63) is 24.0 Å². The number of nitrogens with one attached hydrogen (secondary N) is 1. The zero-order valence-electron chi connectivity index (χ0n) is 8.29. The number of hydrogen-bond acceptors (Lipinski definition) is 3. The summed E-state index contributed by atoms with van der Waals surface area (Å²) in [6, 6.07) is 3.37. The summed E-state index contributed by atoms with van der Waals surface area (Å²) in [5.41, 5.74) is 6.33. The molecule has 4 nitrogen and oxygen atoms in total. The van der Waals surface area contributed by atoms with Crippen LogP contribution in [0.5, 0.6) is 0 Å². The molecule has 0 aliphatic carbocycles. The number of unbranched alkanes of at least 4 members (excludes halogenated alkanes) is 1. The van der Waals surface area contributed by atoms with Crippen molar-refractivity contribution in [2.45, 2.75) is 19.8 Å². The molecule has 4 heteroatoms. The largest absolute Gasteiger partial charge is 0.397 e. The predicted molar refractivity (Wildman–Crippen MR) is 55.9 cm³/mol. The number of hydrogen-bond donors (Lipinski definition) is 2. The zero-order valence-corrected chi connectivity index (χ0v) is 8.29. The van der Waals surface area contributed by atoms with Crippen LogP contribution in [-0.2, 0) is 0 Å². The Hall–Kier alpha value is -1.58. The summed E-state index contributed by atoms with van der Waals surface area (Å²) in [5, 5.41) is 2.76. The number of nitrogens with zero attached hydrogens (tertiary/aromatic N) is 1. The topological polar surface area (TPSA) is 68.0 Å². The van der Waals surface area contributed by atoms with Crippen molar-refractivity contribution < 1.29 is 4.79 Å². The van der Waals surface area contributed by atoms with E-state index >= 15 is 0 Å². The Labute approximate surface area is 83.5 Å². The van der Waals surface area contributed by atoms with Crippen molar-refractivity contribution in [3.63, 3.8) is 0 Å². The molecule has 0 aliphatic rings. The first-order valence-corrected chi connectivity index (χ1v) is 4.74. The van der Waals surface area contributed by atoms with E-state index in [4.69, 9.17) is 5.73 Å². The molecule has 76 valence electrons. The Balaban J connectivity index is 2.56. The van der Waals surface area contributed by atoms with Crippen LogP contribution >= 0.6 is 0 Å². The first kappa shape index (κ1) is 10.5. The van der Waals surface area contributed by atoms with Crippen LogP contribution in [0.3, 0.4) is 0 Å². The van der Waals surface area contributed by atoms with Crippen molar-refractivity contribution in [2.24, 2.45) is 0 Å². The summed E-state index contributed by atoms with van der Waals surface area (Å²) in [7, 11) is 0. The van der Waals surface area contributed by atoms with Gasteiger partial charge in [-0.2, -0.15) is 0 Å². The van der Waals surface area contributed by atoms with Gasteiger partial charge in [-0.15, -0.1) is 0 Å². The first-order chi connectivity index (χ1) is 6.75. The van der Waals surface area contributed by atoms with Gasteiger partial charge < -0.3 is 11.1 Å². The van der Waals surface area contributed by atoms with Crippen LogP contribution in [0.1, 0.15) is 30.3 Å². The number of nitrogen functional groups attached to an aromatic ring is 1. The zero-order chi connectivity index (χ0) is 10.4. The van der Waals surface area contributed by atoms with Crippen LogP contribution in [0.2, 0.25) is 0 Å². The van der Waals surface area contributed by atoms with Crippen LogP contribution in [0.25, 0.3) is 0 Å². The molecule has 1 aromatic rings. The molecule has 0 bridgehead atoms. The fraction of sp³-hybridized carbons (Fsp3) is 0.400. The van der Waals surface area contributed by atoms with Crippen LogP contribution in [0, 0.1) is 0 Å². The van der Waals surface area contributed by atoms with E-state index in [1.54, 1.807) is 18.3 Å². The van der Waals surface area contributed by atoms with E-state index in [0.29, 0.717) is 17.9 Å². The summed E-state index contributed by atoms with van der Waals surface area (Å²) in [6.07, 6.45) is 3.58. The minimum absolute atomic E-state index is 0.198. The van der Waals surface area contributed by atoms with E-state index in [1.165, 1.54) is 0 Å². The van der Waals surface area contributed by atoms with Gasteiger partial charge in [-0.25, -0.2) is 4.98 Å². The van der Waals surface area contributed by atoms with Gasteiger partial charge in [0.15, 0.2) is 5.69 Å². The summed E-state index contributed by atoms with van der Waals surface area (Å²) >= 11 is 0. The Morgan fingerprint density at radius 1 is 1.64 bits per heavy atom.